The molecule has 0 spiro atoms. The van der Waals surface area contributed by atoms with E-state index in [1.54, 1.807) is 25.3 Å². The number of aromatic amines is 1. The molecule has 1 heterocycles. The van der Waals surface area contributed by atoms with Gasteiger partial charge in [0.2, 0.25) is 5.91 Å². The van der Waals surface area contributed by atoms with Crippen molar-refractivity contribution in [3.8, 4) is 0 Å². The maximum atomic E-state index is 11.9. The van der Waals surface area contributed by atoms with Gasteiger partial charge in [0.15, 0.2) is 5.16 Å². The molecule has 3 N–H and O–H groups in total. The molecule has 1 unspecified atom stereocenters. The second-order valence-electron chi connectivity index (χ2n) is 5.29. The van der Waals surface area contributed by atoms with Gasteiger partial charge >= 0.3 is 11.7 Å². The monoisotopic (exact) mass is 313 g/mol. The lowest BCUT2D eigenvalue weighted by Crippen LogP contribution is -2.45. The summed E-state index contributed by atoms with van der Waals surface area (Å²) >= 11 is 1.16. The molecule has 0 aliphatic heterocycles. The number of nitrogens with zero attached hydrogens (tertiary/aromatic N) is 2. The van der Waals surface area contributed by atoms with Crippen LogP contribution in [0, 0.1) is 0 Å². The van der Waals surface area contributed by atoms with Crippen molar-refractivity contribution in [3.05, 3.63) is 10.5 Å². The molecule has 0 saturated heterocycles. The first-order valence-corrected chi connectivity index (χ1v) is 7.71. The molecule has 3 amide bonds. The van der Waals surface area contributed by atoms with Crippen LogP contribution in [0.15, 0.2) is 9.95 Å². The minimum absolute atomic E-state index is 0.0489. The molecular formula is C12H19N5O3S. The summed E-state index contributed by atoms with van der Waals surface area (Å²) in [5.74, 6) is -0.420. The number of thioether (sulfide) groups is 1. The minimum atomic E-state index is -0.532. The first-order valence-electron chi connectivity index (χ1n) is 6.83. The van der Waals surface area contributed by atoms with Gasteiger partial charge in [-0.25, -0.2) is 14.7 Å². The lowest BCUT2D eigenvalue weighted by atomic mass is 10.4. The Morgan fingerprint density at radius 1 is 1.38 bits per heavy atom. The van der Waals surface area contributed by atoms with E-state index in [9.17, 15) is 14.4 Å². The molecule has 1 atom stereocenters. The van der Waals surface area contributed by atoms with Gasteiger partial charge in [-0.1, -0.05) is 11.8 Å². The van der Waals surface area contributed by atoms with Crippen molar-refractivity contribution in [2.45, 2.75) is 56.1 Å². The molecule has 1 saturated carbocycles. The third-order valence-electron chi connectivity index (χ3n) is 2.89. The van der Waals surface area contributed by atoms with E-state index in [0.717, 1.165) is 24.6 Å². The number of carbonyl (C=O) groups excluding carboxylic acids is 2. The molecule has 0 bridgehead atoms. The van der Waals surface area contributed by atoms with Crippen LogP contribution < -0.4 is 16.3 Å². The topological polar surface area (TPSA) is 109 Å². The van der Waals surface area contributed by atoms with Gasteiger partial charge in [-0.3, -0.25) is 14.7 Å². The Hall–Kier alpha value is -1.77. The first-order chi connectivity index (χ1) is 9.88. The number of hydrogen-bond donors (Lipinski definition) is 3. The number of aromatic nitrogens is 3. The number of H-pyrrole nitrogens is 1. The van der Waals surface area contributed by atoms with Crippen LogP contribution in [-0.2, 0) is 4.79 Å². The Balaban J connectivity index is 1.95. The van der Waals surface area contributed by atoms with Crippen LogP contribution >= 0.6 is 11.8 Å². The number of urea groups is 1. The van der Waals surface area contributed by atoms with Gasteiger partial charge < -0.3 is 5.32 Å². The second kappa shape index (κ2) is 6.33. The Morgan fingerprint density at radius 2 is 2.05 bits per heavy atom. The summed E-state index contributed by atoms with van der Waals surface area (Å²) in [7, 11) is 0. The van der Waals surface area contributed by atoms with Crippen molar-refractivity contribution in [1.82, 2.24) is 25.4 Å². The number of nitrogens with one attached hydrogen (secondary N) is 3. The van der Waals surface area contributed by atoms with Crippen LogP contribution in [0.5, 0.6) is 0 Å². The molecule has 1 aliphatic rings. The van der Waals surface area contributed by atoms with Crippen LogP contribution in [0.1, 0.15) is 39.7 Å². The second-order valence-corrected chi connectivity index (χ2v) is 6.60. The van der Waals surface area contributed by atoms with E-state index in [0.29, 0.717) is 5.16 Å². The SMILES string of the molecule is CC(C)NC(=O)NC(=O)C(C)Sc1n[nH]c(=O)n1C1CC1. The molecule has 1 aromatic heterocycles. The standard InChI is InChI=1S/C12H19N5O3S/c1-6(2)13-10(19)14-9(18)7(3)21-12-16-15-11(20)17(12)8-4-5-8/h6-8H,4-5H2,1-3H3,(H,15,20)(H2,13,14,18,19). The van der Waals surface area contributed by atoms with Gasteiger partial charge in [-0.05, 0) is 33.6 Å². The van der Waals surface area contributed by atoms with Gasteiger partial charge in [0, 0.05) is 12.1 Å². The van der Waals surface area contributed by atoms with Crippen LogP contribution in [0.4, 0.5) is 4.79 Å². The predicted octanol–water partition coefficient (Wildman–Crippen LogP) is 0.621. The quantitative estimate of drug-likeness (QED) is 0.691. The number of hydrogen-bond acceptors (Lipinski definition) is 5. The number of rotatable bonds is 5. The van der Waals surface area contributed by atoms with E-state index >= 15 is 0 Å². The van der Waals surface area contributed by atoms with E-state index in [1.807, 2.05) is 0 Å². The highest BCUT2D eigenvalue weighted by molar-refractivity contribution is 8.00. The van der Waals surface area contributed by atoms with E-state index in [1.165, 1.54) is 0 Å². The van der Waals surface area contributed by atoms with Gasteiger partial charge in [-0.2, -0.15) is 0 Å². The number of amides is 3. The Bertz CT molecular complexity index is 590. The van der Waals surface area contributed by atoms with Crippen molar-refractivity contribution in [3.63, 3.8) is 0 Å². The molecule has 9 heteroatoms. The minimum Gasteiger partial charge on any atom is -0.336 e. The summed E-state index contributed by atoms with van der Waals surface area (Å²) in [6.07, 6.45) is 1.90. The van der Waals surface area contributed by atoms with Crippen molar-refractivity contribution >= 4 is 23.7 Å². The summed E-state index contributed by atoms with van der Waals surface area (Å²) in [6.45, 7) is 5.28. The van der Waals surface area contributed by atoms with Gasteiger partial charge in [0.05, 0.1) is 5.25 Å². The molecule has 116 valence electrons. The van der Waals surface area contributed by atoms with Crippen molar-refractivity contribution in [2.24, 2.45) is 0 Å². The van der Waals surface area contributed by atoms with Gasteiger partial charge in [0.1, 0.15) is 0 Å². The van der Waals surface area contributed by atoms with Crippen LogP contribution in [-0.4, -0.2) is 38.0 Å². The maximum absolute atomic E-state index is 11.9. The third-order valence-corrected chi connectivity index (χ3v) is 3.96. The van der Waals surface area contributed by atoms with E-state index < -0.39 is 17.2 Å². The summed E-state index contributed by atoms with van der Waals surface area (Å²) in [4.78, 5) is 35.0. The zero-order chi connectivity index (χ0) is 15.6. The maximum Gasteiger partial charge on any atom is 0.344 e. The third kappa shape index (κ3) is 4.10. The highest BCUT2D eigenvalue weighted by atomic mass is 32.2. The largest absolute Gasteiger partial charge is 0.344 e. The smallest absolute Gasteiger partial charge is 0.336 e. The average molecular weight is 313 g/mol. The predicted molar refractivity (Wildman–Crippen MR) is 78.2 cm³/mol. The Labute approximate surface area is 126 Å². The summed E-state index contributed by atoms with van der Waals surface area (Å²) in [5, 5.41) is 11.1. The van der Waals surface area contributed by atoms with Crippen LogP contribution in [0.2, 0.25) is 0 Å². The molecule has 0 aromatic carbocycles. The van der Waals surface area contributed by atoms with Crippen molar-refractivity contribution in [2.75, 3.05) is 0 Å². The van der Waals surface area contributed by atoms with Crippen molar-refractivity contribution < 1.29 is 9.59 Å². The van der Waals surface area contributed by atoms with Gasteiger partial charge in [0.25, 0.3) is 0 Å². The molecular weight excluding hydrogens is 294 g/mol. The summed E-state index contributed by atoms with van der Waals surface area (Å²) in [6, 6.07) is -0.394. The Morgan fingerprint density at radius 3 is 2.62 bits per heavy atom. The van der Waals surface area contributed by atoms with Crippen molar-refractivity contribution in [1.29, 1.82) is 0 Å². The molecule has 1 fully saturated rings. The fraction of sp³-hybridized carbons (Fsp3) is 0.667. The Kier molecular flexibility index (Phi) is 4.71. The summed E-state index contributed by atoms with van der Waals surface area (Å²) < 4.78 is 1.57. The van der Waals surface area contributed by atoms with Crippen LogP contribution in [0.3, 0.4) is 0 Å². The molecule has 0 radical (unpaired) electrons. The average Bonchev–Trinajstić information content (AvgIpc) is 3.13. The zero-order valence-corrected chi connectivity index (χ0v) is 13.0. The van der Waals surface area contributed by atoms with E-state index in [4.69, 9.17) is 0 Å². The number of carbonyl (C=O) groups is 2. The van der Waals surface area contributed by atoms with E-state index in [2.05, 4.69) is 20.8 Å². The lowest BCUT2D eigenvalue weighted by Gasteiger charge is -2.13. The molecule has 8 nitrogen and oxygen atoms in total. The normalized spacial score (nSPS) is 15.8. The highest BCUT2D eigenvalue weighted by Crippen LogP contribution is 2.36. The number of imide groups is 1. The van der Waals surface area contributed by atoms with Crippen LogP contribution in [0.25, 0.3) is 0 Å². The molecule has 1 aliphatic carbocycles. The molecule has 21 heavy (non-hydrogen) atoms. The van der Waals surface area contributed by atoms with Gasteiger partial charge in [-0.15, -0.1) is 5.10 Å². The molecule has 1 aromatic rings. The highest BCUT2D eigenvalue weighted by Gasteiger charge is 2.30. The first kappa shape index (κ1) is 15.6. The molecule has 2 rings (SSSR count). The van der Waals surface area contributed by atoms with E-state index in [-0.39, 0.29) is 17.8 Å². The lowest BCUT2D eigenvalue weighted by molar-refractivity contribution is -0.119. The summed E-state index contributed by atoms with van der Waals surface area (Å²) in [5.41, 5.74) is -0.259. The fourth-order valence-electron chi connectivity index (χ4n) is 1.75. The zero-order valence-electron chi connectivity index (χ0n) is 12.2. The fourth-order valence-corrected chi connectivity index (χ4v) is 2.68.